The van der Waals surface area contributed by atoms with Crippen LogP contribution in [0.1, 0.15) is 37.6 Å². The number of β-amino-alcohol motifs (C(OH)–C–C–N with tert-alkyl or cyclic N) is 1. The normalized spacial score (nSPS) is 20.5. The third kappa shape index (κ3) is 6.29. The van der Waals surface area contributed by atoms with Gasteiger partial charge in [-0.2, -0.15) is 0 Å². The van der Waals surface area contributed by atoms with Crippen molar-refractivity contribution >= 4 is 12.0 Å². The van der Waals surface area contributed by atoms with Gasteiger partial charge in [0.25, 0.3) is 5.91 Å². The first kappa shape index (κ1) is 21.8. The van der Waals surface area contributed by atoms with Crippen LogP contribution >= 0.6 is 0 Å². The highest BCUT2D eigenvalue weighted by Crippen LogP contribution is 2.26. The fourth-order valence-corrected chi connectivity index (χ4v) is 2.71. The highest BCUT2D eigenvalue weighted by Gasteiger charge is 2.35. The minimum absolute atomic E-state index is 0.0689. The predicted octanol–water partition coefficient (Wildman–Crippen LogP) is 2.69. The van der Waals surface area contributed by atoms with Gasteiger partial charge in [0, 0.05) is 6.54 Å². The van der Waals surface area contributed by atoms with Crippen LogP contribution in [0.15, 0.2) is 24.3 Å². The molecule has 1 aliphatic rings. The van der Waals surface area contributed by atoms with Crippen LogP contribution < -0.4 is 10.1 Å². The number of carbonyl (C=O) groups excluding carboxylic acids is 2. The molecule has 7 nitrogen and oxygen atoms in total. The first-order valence-electron chi connectivity index (χ1n) is 8.67. The van der Waals surface area contributed by atoms with Crippen molar-refractivity contribution in [1.29, 1.82) is 0 Å². The lowest BCUT2D eigenvalue weighted by Crippen LogP contribution is -2.56. The average Bonchev–Trinajstić information content (AvgIpc) is 2.54. The Morgan fingerprint density at radius 2 is 1.86 bits per heavy atom. The van der Waals surface area contributed by atoms with Crippen molar-refractivity contribution in [3.05, 3.63) is 29.8 Å². The Kier molecular flexibility index (Phi) is 6.43. The number of likely N-dealkylation sites (tertiary alicyclic amines) is 1. The van der Waals surface area contributed by atoms with Gasteiger partial charge >= 0.3 is 12.5 Å². The van der Waals surface area contributed by atoms with Crippen LogP contribution in [-0.2, 0) is 4.74 Å². The van der Waals surface area contributed by atoms with Crippen LogP contribution in [0.5, 0.6) is 5.75 Å². The first-order valence-corrected chi connectivity index (χ1v) is 8.67. The third-order valence-electron chi connectivity index (χ3n) is 3.91. The van der Waals surface area contributed by atoms with Crippen molar-refractivity contribution < 1.29 is 37.3 Å². The number of carbonyl (C=O) groups is 2. The highest BCUT2D eigenvalue weighted by molar-refractivity contribution is 5.97. The summed E-state index contributed by atoms with van der Waals surface area (Å²) in [5.41, 5.74) is -0.989. The molecular formula is C18H23F3N2O5. The van der Waals surface area contributed by atoms with Crippen molar-refractivity contribution in [3.63, 3.8) is 0 Å². The van der Waals surface area contributed by atoms with Crippen LogP contribution in [0, 0.1) is 0 Å². The molecule has 2 rings (SSSR count). The van der Waals surface area contributed by atoms with E-state index in [4.69, 9.17) is 4.74 Å². The molecule has 0 spiro atoms. The molecule has 1 aromatic carbocycles. The molecule has 1 saturated heterocycles. The molecule has 156 valence electrons. The second kappa shape index (κ2) is 8.26. The second-order valence-electron chi connectivity index (χ2n) is 7.41. The summed E-state index contributed by atoms with van der Waals surface area (Å²) < 4.78 is 46.6. The maximum atomic E-state index is 12.5. The standard InChI is InChI=1S/C18H23F3N2O5/c1-17(2,3)28-16(26)23-9-8-12(13(24)10-23)22-15(25)11-6-4-5-7-14(11)27-18(19,20)21/h4-7,12-13,24H,8-10H2,1-3H3,(H,22,25). The minimum Gasteiger partial charge on any atom is -0.444 e. The topological polar surface area (TPSA) is 88.1 Å². The Morgan fingerprint density at radius 3 is 2.43 bits per heavy atom. The number of para-hydroxylation sites is 1. The molecule has 2 atom stereocenters. The number of amides is 2. The Bertz CT molecular complexity index is 718. The van der Waals surface area contributed by atoms with Gasteiger partial charge in [0.15, 0.2) is 0 Å². The molecule has 1 fully saturated rings. The second-order valence-corrected chi connectivity index (χ2v) is 7.41. The first-order chi connectivity index (χ1) is 12.9. The molecular weight excluding hydrogens is 381 g/mol. The minimum atomic E-state index is -4.94. The molecule has 2 amide bonds. The van der Waals surface area contributed by atoms with E-state index in [9.17, 15) is 27.9 Å². The van der Waals surface area contributed by atoms with Gasteiger partial charge in [0.1, 0.15) is 11.4 Å². The zero-order chi connectivity index (χ0) is 21.1. The maximum absolute atomic E-state index is 12.5. The molecule has 1 aromatic rings. The number of rotatable bonds is 3. The summed E-state index contributed by atoms with van der Waals surface area (Å²) in [5, 5.41) is 12.8. The van der Waals surface area contributed by atoms with Crippen molar-refractivity contribution in [2.24, 2.45) is 0 Å². The van der Waals surface area contributed by atoms with Gasteiger partial charge in [-0.1, -0.05) is 12.1 Å². The van der Waals surface area contributed by atoms with E-state index in [0.717, 1.165) is 6.07 Å². The summed E-state index contributed by atoms with van der Waals surface area (Å²) >= 11 is 0. The fourth-order valence-electron chi connectivity index (χ4n) is 2.71. The maximum Gasteiger partial charge on any atom is 0.573 e. The lowest BCUT2D eigenvalue weighted by Gasteiger charge is -2.37. The number of hydrogen-bond donors (Lipinski definition) is 2. The molecule has 10 heteroatoms. The molecule has 1 heterocycles. The van der Waals surface area contributed by atoms with Gasteiger partial charge < -0.3 is 24.8 Å². The van der Waals surface area contributed by atoms with E-state index in [-0.39, 0.29) is 25.1 Å². The van der Waals surface area contributed by atoms with Crippen LogP contribution in [0.25, 0.3) is 0 Å². The summed E-state index contributed by atoms with van der Waals surface area (Å²) in [7, 11) is 0. The van der Waals surface area contributed by atoms with Gasteiger partial charge in [-0.15, -0.1) is 13.2 Å². The molecule has 1 aliphatic heterocycles. The number of halogens is 3. The Labute approximate surface area is 160 Å². The Morgan fingerprint density at radius 1 is 1.21 bits per heavy atom. The zero-order valence-electron chi connectivity index (χ0n) is 15.7. The van der Waals surface area contributed by atoms with Crippen molar-refractivity contribution in [3.8, 4) is 5.75 Å². The van der Waals surface area contributed by atoms with Crippen LogP contribution in [-0.4, -0.2) is 59.2 Å². The summed E-state index contributed by atoms with van der Waals surface area (Å²) in [6.45, 7) is 5.30. The number of ether oxygens (including phenoxy) is 2. The molecule has 2 N–H and O–H groups in total. The molecule has 0 aliphatic carbocycles. The van der Waals surface area contributed by atoms with E-state index in [1.54, 1.807) is 20.8 Å². The van der Waals surface area contributed by atoms with E-state index in [0.29, 0.717) is 0 Å². The zero-order valence-corrected chi connectivity index (χ0v) is 15.7. The Balaban J connectivity index is 2.00. The smallest absolute Gasteiger partial charge is 0.444 e. The summed E-state index contributed by atoms with van der Waals surface area (Å²) in [6, 6.07) is 4.21. The summed E-state index contributed by atoms with van der Waals surface area (Å²) in [4.78, 5) is 25.8. The quantitative estimate of drug-likeness (QED) is 0.809. The van der Waals surface area contributed by atoms with Crippen LogP contribution in [0.2, 0.25) is 0 Å². The molecule has 0 saturated carbocycles. The van der Waals surface area contributed by atoms with Gasteiger partial charge in [0.05, 0.1) is 24.3 Å². The number of aliphatic hydroxyl groups is 1. The Hall–Kier alpha value is -2.49. The molecule has 0 aromatic heterocycles. The summed E-state index contributed by atoms with van der Waals surface area (Å²) in [6.07, 6.45) is -6.40. The van der Waals surface area contributed by atoms with Crippen LogP contribution in [0.4, 0.5) is 18.0 Å². The highest BCUT2D eigenvalue weighted by atomic mass is 19.4. The van der Waals surface area contributed by atoms with E-state index >= 15 is 0 Å². The van der Waals surface area contributed by atoms with Crippen molar-refractivity contribution in [2.45, 2.75) is 51.3 Å². The van der Waals surface area contributed by atoms with Gasteiger partial charge in [-0.3, -0.25) is 4.79 Å². The van der Waals surface area contributed by atoms with Gasteiger partial charge in [0.2, 0.25) is 0 Å². The number of alkyl halides is 3. The van der Waals surface area contributed by atoms with Gasteiger partial charge in [-0.05, 0) is 39.3 Å². The monoisotopic (exact) mass is 404 g/mol. The van der Waals surface area contributed by atoms with Crippen LogP contribution in [0.3, 0.4) is 0 Å². The van der Waals surface area contributed by atoms with E-state index in [2.05, 4.69) is 10.1 Å². The summed E-state index contributed by atoms with van der Waals surface area (Å²) in [5.74, 6) is -1.44. The fraction of sp³-hybridized carbons (Fsp3) is 0.556. The number of benzene rings is 1. The number of piperidine rings is 1. The molecule has 0 bridgehead atoms. The lowest BCUT2D eigenvalue weighted by atomic mass is 10.0. The average molecular weight is 404 g/mol. The van der Waals surface area contributed by atoms with E-state index < -0.39 is 41.9 Å². The predicted molar refractivity (Wildman–Crippen MR) is 92.8 cm³/mol. The van der Waals surface area contributed by atoms with E-state index in [1.165, 1.54) is 23.1 Å². The largest absolute Gasteiger partial charge is 0.573 e. The van der Waals surface area contributed by atoms with E-state index in [1.807, 2.05) is 0 Å². The number of aliphatic hydroxyl groups excluding tert-OH is 1. The van der Waals surface area contributed by atoms with Crippen molar-refractivity contribution in [2.75, 3.05) is 13.1 Å². The third-order valence-corrected chi connectivity index (χ3v) is 3.91. The van der Waals surface area contributed by atoms with Crippen molar-refractivity contribution in [1.82, 2.24) is 10.2 Å². The lowest BCUT2D eigenvalue weighted by molar-refractivity contribution is -0.274. The SMILES string of the molecule is CC(C)(C)OC(=O)N1CCC(NC(=O)c2ccccc2OC(F)(F)F)C(O)C1. The number of nitrogens with zero attached hydrogens (tertiary/aromatic N) is 1. The molecule has 28 heavy (non-hydrogen) atoms. The molecule has 0 radical (unpaired) electrons. The number of nitrogens with one attached hydrogen (secondary N) is 1. The number of hydrogen-bond acceptors (Lipinski definition) is 5. The molecule has 2 unspecified atom stereocenters. The van der Waals surface area contributed by atoms with Gasteiger partial charge in [-0.25, -0.2) is 4.79 Å².